The Morgan fingerprint density at radius 3 is 2.79 bits per heavy atom. The van der Waals surface area contributed by atoms with E-state index in [0.29, 0.717) is 54.1 Å². The lowest BCUT2D eigenvalue weighted by Crippen LogP contribution is -2.44. The number of nitrogens with zero attached hydrogens (tertiary/aromatic N) is 2. The first-order valence-corrected chi connectivity index (χ1v) is 12.8. The molecule has 1 atom stereocenters. The molecule has 1 fully saturated rings. The van der Waals surface area contributed by atoms with Crippen LogP contribution in [0, 0.1) is 12.7 Å². The number of amides is 2. The number of para-hydroxylation sites is 1. The van der Waals surface area contributed by atoms with Gasteiger partial charge in [-0.25, -0.2) is 9.37 Å². The Morgan fingerprint density at radius 2 is 1.97 bits per heavy atom. The second-order valence-corrected chi connectivity index (χ2v) is 10.1. The molecule has 10 heteroatoms. The van der Waals surface area contributed by atoms with Gasteiger partial charge in [-0.2, -0.15) is 0 Å². The maximum absolute atomic E-state index is 13.5. The van der Waals surface area contributed by atoms with Crippen molar-refractivity contribution in [3.63, 3.8) is 0 Å². The Kier molecular flexibility index (Phi) is 6.42. The van der Waals surface area contributed by atoms with Crippen LogP contribution in [0.3, 0.4) is 0 Å². The number of nitrogens with one attached hydrogen (secondary N) is 1. The molecule has 7 nitrogen and oxygen atoms in total. The van der Waals surface area contributed by atoms with Gasteiger partial charge in [-0.3, -0.25) is 9.59 Å². The number of hydrogen-bond donors (Lipinski definition) is 1. The number of thiazole rings is 1. The van der Waals surface area contributed by atoms with E-state index < -0.39 is 0 Å². The highest BCUT2D eigenvalue weighted by atomic mass is 32.2. The average Bonchev–Trinajstić information content (AvgIpc) is 3.49. The fourth-order valence-corrected chi connectivity index (χ4v) is 6.06. The second-order valence-electron chi connectivity index (χ2n) is 7.89. The first-order valence-electron chi connectivity index (χ1n) is 10.8. The lowest BCUT2D eigenvalue weighted by Gasteiger charge is -2.24. The first kappa shape index (κ1) is 22.7. The van der Waals surface area contributed by atoms with Crippen molar-refractivity contribution < 1.29 is 23.5 Å². The van der Waals surface area contributed by atoms with Gasteiger partial charge < -0.3 is 19.7 Å². The summed E-state index contributed by atoms with van der Waals surface area (Å²) in [6.07, 6.45) is 0. The van der Waals surface area contributed by atoms with Gasteiger partial charge >= 0.3 is 0 Å². The Morgan fingerprint density at radius 1 is 1.18 bits per heavy atom. The standard InChI is InChI=1S/C24H22FN3O4S2/c1-14-27-20(22(34-14)15-5-7-16(25)8-6-15)24(30)28-13-33-12-17(28)11-26-23(29)18-3-2-4-19-21(18)32-10-9-31-19/h2-8,17H,9-13H2,1H3,(H,26,29)/t17-/m1/s1. The molecule has 3 heterocycles. The van der Waals surface area contributed by atoms with Crippen LogP contribution >= 0.6 is 23.1 Å². The highest BCUT2D eigenvalue weighted by Gasteiger charge is 2.33. The third-order valence-corrected chi connectivity index (χ3v) is 7.70. The summed E-state index contributed by atoms with van der Waals surface area (Å²) in [5, 5.41) is 3.70. The fraction of sp³-hybridized carbons (Fsp3) is 0.292. The number of thioether (sulfide) groups is 1. The zero-order valence-electron chi connectivity index (χ0n) is 18.4. The van der Waals surface area contributed by atoms with Gasteiger partial charge in [-0.1, -0.05) is 18.2 Å². The molecular weight excluding hydrogens is 477 g/mol. The van der Waals surface area contributed by atoms with Crippen LogP contribution in [0.15, 0.2) is 42.5 Å². The Balaban J connectivity index is 1.31. The summed E-state index contributed by atoms with van der Waals surface area (Å²) in [7, 11) is 0. The molecule has 2 amide bonds. The Bertz CT molecular complexity index is 1230. The minimum Gasteiger partial charge on any atom is -0.486 e. The predicted molar refractivity (Wildman–Crippen MR) is 129 cm³/mol. The van der Waals surface area contributed by atoms with Crippen molar-refractivity contribution in [2.75, 3.05) is 31.4 Å². The molecule has 0 spiro atoms. The van der Waals surface area contributed by atoms with Crippen LogP contribution in [0.25, 0.3) is 10.4 Å². The quantitative estimate of drug-likeness (QED) is 0.572. The minimum absolute atomic E-state index is 0.179. The van der Waals surface area contributed by atoms with Gasteiger partial charge in [0.1, 0.15) is 24.7 Å². The molecule has 2 aliphatic heterocycles. The number of benzene rings is 2. The van der Waals surface area contributed by atoms with Crippen molar-refractivity contribution in [1.29, 1.82) is 0 Å². The van der Waals surface area contributed by atoms with Gasteiger partial charge in [0.25, 0.3) is 11.8 Å². The molecule has 0 saturated carbocycles. The molecule has 0 bridgehead atoms. The van der Waals surface area contributed by atoms with E-state index in [1.807, 2.05) is 6.92 Å². The monoisotopic (exact) mass is 499 g/mol. The van der Waals surface area contributed by atoms with Crippen molar-refractivity contribution in [2.45, 2.75) is 13.0 Å². The van der Waals surface area contributed by atoms with E-state index in [-0.39, 0.29) is 23.7 Å². The van der Waals surface area contributed by atoms with Crippen LogP contribution < -0.4 is 14.8 Å². The Hall–Kier alpha value is -3.11. The summed E-state index contributed by atoms with van der Waals surface area (Å²) >= 11 is 3.04. The Labute approximate surface area is 204 Å². The number of hydrogen-bond acceptors (Lipinski definition) is 7. The molecule has 176 valence electrons. The zero-order chi connectivity index (χ0) is 23.7. The van der Waals surface area contributed by atoms with Gasteiger partial charge in [0.2, 0.25) is 0 Å². The molecule has 2 aliphatic rings. The lowest BCUT2D eigenvalue weighted by atomic mass is 10.1. The SMILES string of the molecule is Cc1nc(C(=O)N2CSC[C@H]2CNC(=O)c2cccc3c2OCCO3)c(-c2ccc(F)cc2)s1. The van der Waals surface area contributed by atoms with Crippen molar-refractivity contribution in [2.24, 2.45) is 0 Å². The van der Waals surface area contributed by atoms with E-state index in [0.717, 1.165) is 15.4 Å². The number of aryl methyl sites for hydroxylation is 1. The highest BCUT2D eigenvalue weighted by Crippen LogP contribution is 2.35. The van der Waals surface area contributed by atoms with E-state index >= 15 is 0 Å². The van der Waals surface area contributed by atoms with Crippen LogP contribution in [0.5, 0.6) is 11.5 Å². The second kappa shape index (κ2) is 9.63. The number of fused-ring (bicyclic) bond motifs is 1. The van der Waals surface area contributed by atoms with E-state index in [9.17, 15) is 14.0 Å². The fourth-order valence-electron chi connectivity index (χ4n) is 3.94. The zero-order valence-corrected chi connectivity index (χ0v) is 20.0. The number of carbonyl (C=O) groups excluding carboxylic acids is 2. The maximum atomic E-state index is 13.5. The molecular formula is C24H22FN3O4S2. The van der Waals surface area contributed by atoms with Crippen molar-refractivity contribution in [1.82, 2.24) is 15.2 Å². The van der Waals surface area contributed by atoms with E-state index in [2.05, 4.69) is 10.3 Å². The topological polar surface area (TPSA) is 80.8 Å². The van der Waals surface area contributed by atoms with Gasteiger partial charge in [0, 0.05) is 12.3 Å². The summed E-state index contributed by atoms with van der Waals surface area (Å²) in [4.78, 5) is 33.3. The molecule has 0 radical (unpaired) electrons. The minimum atomic E-state index is -0.332. The molecule has 0 aliphatic carbocycles. The molecule has 5 rings (SSSR count). The highest BCUT2D eigenvalue weighted by molar-refractivity contribution is 7.99. The third kappa shape index (κ3) is 4.47. The van der Waals surface area contributed by atoms with Gasteiger partial charge in [0.05, 0.1) is 27.4 Å². The normalized spacial score (nSPS) is 17.0. The van der Waals surface area contributed by atoms with Crippen LogP contribution in [0.4, 0.5) is 4.39 Å². The molecule has 3 aromatic rings. The average molecular weight is 500 g/mol. The van der Waals surface area contributed by atoms with Crippen LogP contribution in [-0.4, -0.2) is 59.1 Å². The molecule has 0 unspecified atom stereocenters. The van der Waals surface area contributed by atoms with Crippen LogP contribution in [-0.2, 0) is 0 Å². The largest absolute Gasteiger partial charge is 0.486 e. The first-order chi connectivity index (χ1) is 16.5. The number of rotatable bonds is 5. The van der Waals surface area contributed by atoms with Crippen molar-refractivity contribution >= 4 is 34.9 Å². The molecule has 34 heavy (non-hydrogen) atoms. The third-order valence-electron chi connectivity index (χ3n) is 5.59. The smallest absolute Gasteiger partial charge is 0.275 e. The van der Waals surface area contributed by atoms with Crippen molar-refractivity contribution in [3.05, 3.63) is 64.5 Å². The number of aromatic nitrogens is 1. The van der Waals surface area contributed by atoms with Crippen molar-refractivity contribution in [3.8, 4) is 21.9 Å². The van der Waals surface area contributed by atoms with Gasteiger partial charge in [0.15, 0.2) is 11.5 Å². The summed E-state index contributed by atoms with van der Waals surface area (Å²) in [6, 6.07) is 11.1. The molecule has 1 saturated heterocycles. The summed E-state index contributed by atoms with van der Waals surface area (Å²) in [6.45, 7) is 2.99. The predicted octanol–water partition coefficient (Wildman–Crippen LogP) is 3.97. The van der Waals surface area contributed by atoms with E-state index in [4.69, 9.17) is 9.47 Å². The molecule has 1 aromatic heterocycles. The lowest BCUT2D eigenvalue weighted by molar-refractivity contribution is 0.0731. The summed E-state index contributed by atoms with van der Waals surface area (Å²) in [5.74, 6) is 1.41. The molecule has 1 N–H and O–H groups in total. The van der Waals surface area contributed by atoms with Crippen LogP contribution in [0.1, 0.15) is 25.9 Å². The number of halogens is 1. The van der Waals surface area contributed by atoms with Gasteiger partial charge in [-0.15, -0.1) is 23.1 Å². The van der Waals surface area contributed by atoms with E-state index in [1.165, 1.54) is 23.5 Å². The summed E-state index contributed by atoms with van der Waals surface area (Å²) < 4.78 is 24.6. The van der Waals surface area contributed by atoms with Crippen LogP contribution in [0.2, 0.25) is 0 Å². The molecule has 2 aromatic carbocycles. The number of carbonyl (C=O) groups is 2. The van der Waals surface area contributed by atoms with Gasteiger partial charge in [-0.05, 0) is 36.8 Å². The number of ether oxygens (including phenoxy) is 2. The van der Waals surface area contributed by atoms with E-state index in [1.54, 1.807) is 47.0 Å². The maximum Gasteiger partial charge on any atom is 0.275 e. The summed E-state index contributed by atoms with van der Waals surface area (Å²) in [5.41, 5.74) is 1.52.